The Kier molecular flexibility index (Phi) is 4.78. The van der Waals surface area contributed by atoms with Gasteiger partial charge in [-0.15, -0.1) is 0 Å². The maximum atomic E-state index is 13.3. The number of aromatic nitrogens is 2. The zero-order valence-electron chi connectivity index (χ0n) is 15.0. The Morgan fingerprint density at radius 3 is 2.50 bits per heavy atom. The fraction of sp³-hybridized carbons (Fsp3) is 0.211. The fourth-order valence-corrected chi connectivity index (χ4v) is 4.19. The van der Waals surface area contributed by atoms with Gasteiger partial charge >= 0.3 is 0 Å². The van der Waals surface area contributed by atoms with E-state index in [9.17, 15) is 12.8 Å². The minimum atomic E-state index is -3.93. The molecule has 1 aliphatic heterocycles. The average molecular weight is 403 g/mol. The van der Waals surface area contributed by atoms with Crippen molar-refractivity contribution < 1.29 is 22.3 Å². The topological polar surface area (TPSA) is 82.5 Å². The highest BCUT2D eigenvalue weighted by Crippen LogP contribution is 2.33. The summed E-state index contributed by atoms with van der Waals surface area (Å²) in [5, 5.41) is 0. The van der Waals surface area contributed by atoms with Crippen molar-refractivity contribution in [3.63, 3.8) is 0 Å². The van der Waals surface area contributed by atoms with Crippen LogP contribution in [-0.2, 0) is 17.1 Å². The summed E-state index contributed by atoms with van der Waals surface area (Å²) in [6, 6.07) is 9.28. The fourth-order valence-electron chi connectivity index (χ4n) is 2.99. The van der Waals surface area contributed by atoms with Crippen LogP contribution in [0.25, 0.3) is 0 Å². The Morgan fingerprint density at radius 2 is 1.82 bits per heavy atom. The number of aryl methyl sites for hydroxylation is 1. The second kappa shape index (κ2) is 7.25. The Labute approximate surface area is 161 Å². The van der Waals surface area contributed by atoms with Crippen LogP contribution in [0.1, 0.15) is 17.4 Å². The number of nitrogens with zero attached hydrogens (tertiary/aromatic N) is 2. The molecular formula is C19H18FN3O4S. The molecule has 0 aliphatic carbocycles. The Balaban J connectivity index is 1.71. The monoisotopic (exact) mass is 403 g/mol. The molecule has 9 heteroatoms. The maximum Gasteiger partial charge on any atom is 0.241 e. The highest BCUT2D eigenvalue weighted by molar-refractivity contribution is 7.89. The van der Waals surface area contributed by atoms with Gasteiger partial charge in [0, 0.05) is 25.5 Å². The number of hydrogen-bond acceptors (Lipinski definition) is 5. The van der Waals surface area contributed by atoms with Gasteiger partial charge in [-0.25, -0.2) is 17.8 Å². The predicted molar refractivity (Wildman–Crippen MR) is 99.2 cm³/mol. The second-order valence-corrected chi connectivity index (χ2v) is 8.02. The minimum absolute atomic E-state index is 0.0399. The molecule has 0 saturated heterocycles. The molecule has 7 nitrogen and oxygen atoms in total. The first kappa shape index (κ1) is 18.5. The molecule has 0 fully saturated rings. The molecule has 0 unspecified atom stereocenters. The first-order valence-corrected chi connectivity index (χ1v) is 10.1. The predicted octanol–water partition coefficient (Wildman–Crippen LogP) is 2.40. The van der Waals surface area contributed by atoms with Crippen LogP contribution in [0.3, 0.4) is 0 Å². The van der Waals surface area contributed by atoms with Gasteiger partial charge in [0.05, 0.1) is 4.90 Å². The molecule has 0 amide bonds. The lowest BCUT2D eigenvalue weighted by Crippen LogP contribution is -2.31. The molecule has 0 radical (unpaired) electrons. The second-order valence-electron chi connectivity index (χ2n) is 6.31. The van der Waals surface area contributed by atoms with Crippen LogP contribution < -0.4 is 14.2 Å². The number of fused-ring (bicyclic) bond motifs is 1. The number of nitrogens with one attached hydrogen (secondary N) is 1. The van der Waals surface area contributed by atoms with Crippen LogP contribution in [0.2, 0.25) is 0 Å². The van der Waals surface area contributed by atoms with E-state index < -0.39 is 21.9 Å². The number of rotatable bonds is 5. The van der Waals surface area contributed by atoms with Crippen LogP contribution in [0.5, 0.6) is 11.5 Å². The van der Waals surface area contributed by atoms with Crippen LogP contribution in [0, 0.1) is 5.82 Å². The molecule has 3 aromatic rings. The first-order valence-electron chi connectivity index (χ1n) is 8.59. The largest absolute Gasteiger partial charge is 0.486 e. The summed E-state index contributed by atoms with van der Waals surface area (Å²) in [6.07, 6.45) is 3.29. The first-order chi connectivity index (χ1) is 13.4. The third-order valence-electron chi connectivity index (χ3n) is 4.42. The molecule has 4 rings (SSSR count). The van der Waals surface area contributed by atoms with Gasteiger partial charge in [-0.05, 0) is 29.8 Å². The summed E-state index contributed by atoms with van der Waals surface area (Å²) < 4.78 is 54.8. The summed E-state index contributed by atoms with van der Waals surface area (Å²) in [6.45, 7) is 0.776. The lowest BCUT2D eigenvalue weighted by Gasteiger charge is -2.21. The highest BCUT2D eigenvalue weighted by Gasteiger charge is 2.27. The van der Waals surface area contributed by atoms with Crippen molar-refractivity contribution in [2.75, 3.05) is 13.2 Å². The van der Waals surface area contributed by atoms with Crippen LogP contribution in [0.15, 0.2) is 59.8 Å². The SMILES string of the molecule is Cn1ccnc1[C@@H](NS(=O)(=O)c1ccc2c(c1)OCCO2)c1ccc(F)cc1. The van der Waals surface area contributed by atoms with Crippen molar-refractivity contribution in [3.05, 3.63) is 72.1 Å². The van der Waals surface area contributed by atoms with Gasteiger partial charge in [-0.3, -0.25) is 0 Å². The summed E-state index contributed by atoms with van der Waals surface area (Å²) in [5.41, 5.74) is 0.566. The molecule has 1 N–H and O–H groups in total. The number of sulfonamides is 1. The number of ether oxygens (including phenoxy) is 2. The normalized spacial score (nSPS) is 14.6. The number of hydrogen-bond donors (Lipinski definition) is 1. The molecule has 1 aliphatic rings. The van der Waals surface area contributed by atoms with Crippen LogP contribution in [0.4, 0.5) is 4.39 Å². The number of halogens is 1. The van der Waals surface area contributed by atoms with Crippen molar-refractivity contribution in [1.29, 1.82) is 0 Å². The molecule has 0 bridgehead atoms. The quantitative estimate of drug-likeness (QED) is 0.707. The van der Waals surface area contributed by atoms with Crippen LogP contribution >= 0.6 is 0 Å². The standard InChI is InChI=1S/C19H18FN3O4S/c1-23-9-8-21-19(23)18(13-2-4-14(20)5-3-13)22-28(24,25)15-6-7-16-17(12-15)27-11-10-26-16/h2-9,12,18,22H,10-11H2,1H3/t18-/m0/s1. The van der Waals surface area contributed by atoms with Gasteiger partial charge < -0.3 is 14.0 Å². The molecule has 28 heavy (non-hydrogen) atoms. The Bertz CT molecular complexity index is 1100. The van der Waals surface area contributed by atoms with Gasteiger partial charge in [0.15, 0.2) is 11.5 Å². The molecule has 0 spiro atoms. The van der Waals surface area contributed by atoms with E-state index >= 15 is 0 Å². The van der Waals surface area contributed by atoms with E-state index in [2.05, 4.69) is 9.71 Å². The molecule has 0 saturated carbocycles. The van der Waals surface area contributed by atoms with Crippen molar-refractivity contribution in [3.8, 4) is 11.5 Å². The van der Waals surface area contributed by atoms with Crippen molar-refractivity contribution in [1.82, 2.24) is 14.3 Å². The zero-order chi connectivity index (χ0) is 19.7. The lowest BCUT2D eigenvalue weighted by atomic mass is 10.1. The zero-order valence-corrected chi connectivity index (χ0v) is 15.8. The smallest absolute Gasteiger partial charge is 0.241 e. The van der Waals surface area contributed by atoms with E-state index in [1.807, 2.05) is 0 Å². The molecule has 1 aromatic heterocycles. The molecule has 2 heterocycles. The van der Waals surface area contributed by atoms with E-state index in [1.165, 1.54) is 36.4 Å². The van der Waals surface area contributed by atoms with E-state index in [1.54, 1.807) is 30.1 Å². The van der Waals surface area contributed by atoms with Gasteiger partial charge in [0.25, 0.3) is 0 Å². The lowest BCUT2D eigenvalue weighted by molar-refractivity contribution is 0.171. The van der Waals surface area contributed by atoms with Crippen LogP contribution in [-0.4, -0.2) is 31.2 Å². The van der Waals surface area contributed by atoms with E-state index in [-0.39, 0.29) is 4.90 Å². The summed E-state index contributed by atoms with van der Waals surface area (Å²) in [7, 11) is -2.17. The molecular weight excluding hydrogens is 385 g/mol. The van der Waals surface area contributed by atoms with E-state index in [0.717, 1.165) is 0 Å². The maximum absolute atomic E-state index is 13.3. The number of imidazole rings is 1. The third-order valence-corrected chi connectivity index (χ3v) is 5.84. The van der Waals surface area contributed by atoms with Crippen molar-refractivity contribution in [2.24, 2.45) is 7.05 Å². The van der Waals surface area contributed by atoms with Gasteiger partial charge in [0.1, 0.15) is 30.9 Å². The van der Waals surface area contributed by atoms with Gasteiger partial charge in [-0.2, -0.15) is 4.72 Å². The molecule has 2 aromatic carbocycles. The van der Waals surface area contributed by atoms with Gasteiger partial charge in [0.2, 0.25) is 10.0 Å². The highest BCUT2D eigenvalue weighted by atomic mass is 32.2. The summed E-state index contributed by atoms with van der Waals surface area (Å²) >= 11 is 0. The molecule has 146 valence electrons. The minimum Gasteiger partial charge on any atom is -0.486 e. The van der Waals surface area contributed by atoms with Gasteiger partial charge in [-0.1, -0.05) is 12.1 Å². The van der Waals surface area contributed by atoms with E-state index in [4.69, 9.17) is 9.47 Å². The third kappa shape index (κ3) is 3.58. The van der Waals surface area contributed by atoms with Crippen molar-refractivity contribution >= 4 is 10.0 Å². The Hall–Kier alpha value is -2.91. The van der Waals surface area contributed by atoms with E-state index in [0.29, 0.717) is 36.1 Å². The number of benzene rings is 2. The summed E-state index contributed by atoms with van der Waals surface area (Å²) in [4.78, 5) is 4.30. The van der Waals surface area contributed by atoms with Crippen molar-refractivity contribution in [2.45, 2.75) is 10.9 Å². The molecule has 1 atom stereocenters. The average Bonchev–Trinajstić information content (AvgIpc) is 3.12. The Morgan fingerprint density at radius 1 is 1.11 bits per heavy atom. The summed E-state index contributed by atoms with van der Waals surface area (Å²) in [5.74, 6) is 0.957.